The van der Waals surface area contributed by atoms with Crippen LogP contribution in [0, 0.1) is 25.6 Å². The molecule has 0 saturated carbocycles. The predicted octanol–water partition coefficient (Wildman–Crippen LogP) is 3.33. The van der Waals surface area contributed by atoms with Gasteiger partial charge in [0.2, 0.25) is 0 Å². The second-order valence-corrected chi connectivity index (χ2v) is 9.40. The second kappa shape index (κ2) is 10.5. The van der Waals surface area contributed by atoms with Gasteiger partial charge in [0.1, 0.15) is 6.61 Å². The number of hydrogen-bond acceptors (Lipinski definition) is 9. The highest BCUT2D eigenvalue weighted by Crippen LogP contribution is 2.52. The molecule has 2 aliphatic heterocycles. The first-order chi connectivity index (χ1) is 19.6. The number of non-ortho nitro benzene ring substituents is 2. The normalized spacial score (nSPS) is 21.8. The predicted molar refractivity (Wildman–Crippen MR) is 139 cm³/mol. The summed E-state index contributed by atoms with van der Waals surface area (Å²) >= 11 is 0. The first kappa shape index (κ1) is 26.9. The van der Waals surface area contributed by atoms with Crippen molar-refractivity contribution >= 4 is 35.2 Å². The lowest BCUT2D eigenvalue weighted by molar-refractivity contribution is -0.385. The Morgan fingerprint density at radius 1 is 0.829 bits per heavy atom. The van der Waals surface area contributed by atoms with E-state index in [1.807, 2.05) is 0 Å². The first-order valence-corrected chi connectivity index (χ1v) is 12.2. The maximum atomic E-state index is 14.2. The largest absolute Gasteiger partial charge is 0.444 e. The molecule has 2 saturated heterocycles. The molecule has 14 nitrogen and oxygen atoms in total. The van der Waals surface area contributed by atoms with Crippen molar-refractivity contribution < 1.29 is 33.8 Å². The van der Waals surface area contributed by atoms with Gasteiger partial charge in [0.25, 0.3) is 17.3 Å². The fourth-order valence-corrected chi connectivity index (χ4v) is 5.17. The van der Waals surface area contributed by atoms with Crippen LogP contribution in [0.4, 0.5) is 21.0 Å². The number of hydrogen-bond donors (Lipinski definition) is 2. The number of carbonyl (C=O) groups is 4. The molecule has 3 aromatic carbocycles. The molecule has 3 aromatic rings. The van der Waals surface area contributed by atoms with E-state index < -0.39 is 57.7 Å². The molecule has 0 bridgehead atoms. The molecule has 2 aliphatic rings. The zero-order chi connectivity index (χ0) is 29.3. The van der Waals surface area contributed by atoms with Crippen LogP contribution >= 0.6 is 0 Å². The molecule has 1 spiro atoms. The van der Waals surface area contributed by atoms with Crippen LogP contribution in [0.25, 0.3) is 0 Å². The maximum absolute atomic E-state index is 14.2. The van der Waals surface area contributed by atoms with Crippen molar-refractivity contribution in [1.29, 1.82) is 0 Å². The van der Waals surface area contributed by atoms with Crippen LogP contribution in [0.1, 0.15) is 28.8 Å². The SMILES string of the molecule is O=C1N[C@H](c2ccc([N+](=O)[O-])cc2)C2(C(=O)CN(C(=O)OCc3ccccc3)C2=O)[C@H](c2ccc([N+](=O)[O-])cc2)N1. The number of amides is 4. The number of nitro groups is 2. The molecule has 2 fully saturated rings. The number of rotatable bonds is 6. The number of benzene rings is 3. The third-order valence-corrected chi connectivity index (χ3v) is 7.12. The number of ether oxygens (including phenoxy) is 1. The summed E-state index contributed by atoms with van der Waals surface area (Å²) < 4.78 is 5.31. The number of urea groups is 1. The van der Waals surface area contributed by atoms with Gasteiger partial charge in [0.05, 0.1) is 28.5 Å². The molecule has 0 aliphatic carbocycles. The van der Waals surface area contributed by atoms with Crippen LogP contribution in [0.3, 0.4) is 0 Å². The van der Waals surface area contributed by atoms with Crippen LogP contribution in [0.5, 0.6) is 0 Å². The molecule has 4 amide bonds. The van der Waals surface area contributed by atoms with Crippen molar-refractivity contribution in [2.24, 2.45) is 5.41 Å². The third-order valence-electron chi connectivity index (χ3n) is 7.12. The topological polar surface area (TPSA) is 191 Å². The summed E-state index contributed by atoms with van der Waals surface area (Å²) in [5.74, 6) is -1.71. The van der Waals surface area contributed by atoms with E-state index in [1.54, 1.807) is 30.3 Å². The number of imide groups is 1. The van der Waals surface area contributed by atoms with Gasteiger partial charge >= 0.3 is 12.1 Å². The minimum absolute atomic E-state index is 0.169. The molecule has 2 heterocycles. The summed E-state index contributed by atoms with van der Waals surface area (Å²) in [6, 6.07) is 15.1. The molecule has 0 radical (unpaired) electrons. The average molecular weight is 559 g/mol. The second-order valence-electron chi connectivity index (χ2n) is 9.40. The number of Topliss-reactive ketones (excluding diaryl/α,β-unsaturated/α-hetero) is 1. The molecule has 14 heteroatoms. The number of likely N-dealkylation sites (tertiary alicyclic amines) is 1. The van der Waals surface area contributed by atoms with Gasteiger partial charge in [-0.15, -0.1) is 0 Å². The number of ketones is 1. The summed E-state index contributed by atoms with van der Waals surface area (Å²) in [5, 5.41) is 27.5. The van der Waals surface area contributed by atoms with Gasteiger partial charge in [-0.25, -0.2) is 14.5 Å². The quantitative estimate of drug-likeness (QED) is 0.259. The van der Waals surface area contributed by atoms with Crippen molar-refractivity contribution in [1.82, 2.24) is 15.5 Å². The van der Waals surface area contributed by atoms with Gasteiger partial charge in [-0.05, 0) is 16.7 Å². The van der Waals surface area contributed by atoms with E-state index in [0.29, 0.717) is 10.5 Å². The molecule has 5 rings (SSSR count). The molecule has 3 atom stereocenters. The zero-order valence-electron chi connectivity index (χ0n) is 21.1. The van der Waals surface area contributed by atoms with E-state index in [4.69, 9.17) is 4.74 Å². The Balaban J connectivity index is 1.58. The Labute approximate surface area is 231 Å². The molecule has 41 heavy (non-hydrogen) atoms. The fraction of sp³-hybridized carbons (Fsp3) is 0.185. The number of nitro benzene ring substituents is 2. The molecule has 208 valence electrons. The summed E-state index contributed by atoms with van der Waals surface area (Å²) in [4.78, 5) is 75.8. The van der Waals surface area contributed by atoms with E-state index in [0.717, 1.165) is 24.3 Å². The Hall–Kier alpha value is -5.66. The van der Waals surface area contributed by atoms with E-state index in [2.05, 4.69) is 10.6 Å². The van der Waals surface area contributed by atoms with Crippen LogP contribution in [0.2, 0.25) is 0 Å². The van der Waals surface area contributed by atoms with Crippen LogP contribution < -0.4 is 10.6 Å². The van der Waals surface area contributed by atoms with Gasteiger partial charge in [-0.1, -0.05) is 54.6 Å². The smallest absolute Gasteiger partial charge is 0.417 e. The first-order valence-electron chi connectivity index (χ1n) is 12.2. The zero-order valence-corrected chi connectivity index (χ0v) is 21.1. The maximum Gasteiger partial charge on any atom is 0.417 e. The lowest BCUT2D eigenvalue weighted by Gasteiger charge is -2.45. The van der Waals surface area contributed by atoms with Gasteiger partial charge in [-0.2, -0.15) is 0 Å². The highest BCUT2D eigenvalue weighted by Gasteiger charge is 2.67. The lowest BCUT2D eigenvalue weighted by atomic mass is 9.66. The van der Waals surface area contributed by atoms with E-state index >= 15 is 0 Å². The fourth-order valence-electron chi connectivity index (χ4n) is 5.17. The van der Waals surface area contributed by atoms with Gasteiger partial charge in [0.15, 0.2) is 11.2 Å². The molecule has 1 unspecified atom stereocenters. The van der Waals surface area contributed by atoms with Crippen molar-refractivity contribution in [3.05, 3.63) is 116 Å². The third kappa shape index (κ3) is 4.71. The highest BCUT2D eigenvalue weighted by atomic mass is 16.6. The van der Waals surface area contributed by atoms with Crippen LogP contribution in [-0.4, -0.2) is 45.1 Å². The minimum atomic E-state index is -2.15. The van der Waals surface area contributed by atoms with Crippen molar-refractivity contribution in [2.45, 2.75) is 18.7 Å². The number of nitrogens with zero attached hydrogens (tertiary/aromatic N) is 3. The van der Waals surface area contributed by atoms with E-state index in [9.17, 15) is 39.4 Å². The van der Waals surface area contributed by atoms with Crippen LogP contribution in [-0.2, 0) is 20.9 Å². The number of nitrogens with one attached hydrogen (secondary N) is 2. The molecular formula is C27H21N5O9. The monoisotopic (exact) mass is 559 g/mol. The van der Waals surface area contributed by atoms with Gasteiger partial charge in [0, 0.05) is 24.3 Å². The van der Waals surface area contributed by atoms with Crippen molar-refractivity contribution in [3.8, 4) is 0 Å². The summed E-state index contributed by atoms with van der Waals surface area (Å²) in [7, 11) is 0. The van der Waals surface area contributed by atoms with E-state index in [-0.39, 0.29) is 29.1 Å². The lowest BCUT2D eigenvalue weighted by Crippen LogP contribution is -2.63. The standard InChI is InChI=1S/C27H21N5O9/c33-21-14-30(26(36)41-15-16-4-2-1-3-5-16)24(34)27(21)22(17-6-10-19(11-7-17)31(37)38)28-25(35)29-23(27)18-8-12-20(13-9-18)32(39)40/h1-13,22-23H,14-15H2,(H2,28,29,35)/t22-,23+,27?. The summed E-state index contributed by atoms with van der Waals surface area (Å²) in [6.45, 7) is -0.839. The average Bonchev–Trinajstić information content (AvgIpc) is 3.23. The van der Waals surface area contributed by atoms with Gasteiger partial charge < -0.3 is 15.4 Å². The van der Waals surface area contributed by atoms with E-state index in [1.165, 1.54) is 24.3 Å². The highest BCUT2D eigenvalue weighted by molar-refractivity contribution is 6.19. The van der Waals surface area contributed by atoms with Crippen LogP contribution in [0.15, 0.2) is 78.9 Å². The Kier molecular flexibility index (Phi) is 6.89. The molecular weight excluding hydrogens is 538 g/mol. The summed E-state index contributed by atoms with van der Waals surface area (Å²) in [6.07, 6.45) is -1.08. The Morgan fingerprint density at radius 2 is 1.32 bits per heavy atom. The summed E-state index contributed by atoms with van der Waals surface area (Å²) in [5.41, 5.74) is -1.63. The number of carbonyl (C=O) groups excluding carboxylic acids is 4. The molecule has 0 aromatic heterocycles. The van der Waals surface area contributed by atoms with Crippen molar-refractivity contribution in [3.63, 3.8) is 0 Å². The van der Waals surface area contributed by atoms with Gasteiger partial charge in [-0.3, -0.25) is 29.8 Å². The molecule has 2 N–H and O–H groups in total. The van der Waals surface area contributed by atoms with Crippen molar-refractivity contribution in [2.75, 3.05) is 6.54 Å². The Bertz CT molecular complexity index is 1490. The minimum Gasteiger partial charge on any atom is -0.444 e. The Morgan fingerprint density at radius 3 is 1.78 bits per heavy atom.